The van der Waals surface area contributed by atoms with Gasteiger partial charge in [-0.05, 0) is 32.3 Å². The normalized spacial score (nSPS) is 16.4. The number of anilines is 2. The van der Waals surface area contributed by atoms with Crippen molar-refractivity contribution in [1.82, 2.24) is 9.80 Å². The molecule has 0 bridgehead atoms. The molecule has 5 nitrogen and oxygen atoms in total. The fourth-order valence-electron chi connectivity index (χ4n) is 2.47. The highest BCUT2D eigenvalue weighted by molar-refractivity contribution is 5.69. The first-order chi connectivity index (χ1) is 9.60. The monoisotopic (exact) mass is 273 g/mol. The molecule has 1 aromatic rings. The SMILES string of the molecule is CN(C)CCN1CCN(c2ccc(C#N)cc2N)CC1. The van der Waals surface area contributed by atoms with E-state index in [4.69, 9.17) is 11.0 Å². The Morgan fingerprint density at radius 1 is 1.25 bits per heavy atom. The Bertz CT molecular complexity index is 484. The van der Waals surface area contributed by atoms with Gasteiger partial charge in [0.05, 0.1) is 23.0 Å². The molecule has 0 saturated carbocycles. The number of nitriles is 1. The van der Waals surface area contributed by atoms with Crippen molar-refractivity contribution in [2.24, 2.45) is 0 Å². The second-order valence-electron chi connectivity index (χ2n) is 5.52. The Hall–Kier alpha value is -1.77. The van der Waals surface area contributed by atoms with Crippen molar-refractivity contribution in [3.63, 3.8) is 0 Å². The second kappa shape index (κ2) is 6.60. The summed E-state index contributed by atoms with van der Waals surface area (Å²) in [5, 5.41) is 8.87. The maximum absolute atomic E-state index is 8.87. The maximum Gasteiger partial charge on any atom is 0.0992 e. The van der Waals surface area contributed by atoms with E-state index in [0.29, 0.717) is 11.3 Å². The molecule has 0 radical (unpaired) electrons. The molecule has 1 aliphatic rings. The van der Waals surface area contributed by atoms with E-state index < -0.39 is 0 Å². The highest BCUT2D eigenvalue weighted by atomic mass is 15.3. The summed E-state index contributed by atoms with van der Waals surface area (Å²) in [7, 11) is 4.21. The van der Waals surface area contributed by atoms with Gasteiger partial charge < -0.3 is 15.5 Å². The Balaban J connectivity index is 1.92. The summed E-state index contributed by atoms with van der Waals surface area (Å²) in [6, 6.07) is 7.68. The van der Waals surface area contributed by atoms with Crippen LogP contribution in [-0.4, -0.2) is 63.2 Å². The number of piperazine rings is 1. The van der Waals surface area contributed by atoms with E-state index in [-0.39, 0.29) is 0 Å². The topological polar surface area (TPSA) is 59.5 Å². The standard InChI is InChI=1S/C15H23N5/c1-18(2)5-6-19-7-9-20(10-8-19)15-4-3-13(12-16)11-14(15)17/h3-4,11H,5-10,17H2,1-2H3. The predicted molar refractivity (Wildman–Crippen MR) is 82.8 cm³/mol. The van der Waals surface area contributed by atoms with Crippen molar-refractivity contribution >= 4 is 11.4 Å². The van der Waals surface area contributed by atoms with E-state index in [1.54, 1.807) is 6.07 Å². The van der Waals surface area contributed by atoms with Crippen molar-refractivity contribution in [3.05, 3.63) is 23.8 Å². The smallest absolute Gasteiger partial charge is 0.0992 e. The van der Waals surface area contributed by atoms with Crippen molar-refractivity contribution in [1.29, 1.82) is 5.26 Å². The van der Waals surface area contributed by atoms with Gasteiger partial charge in [-0.25, -0.2) is 0 Å². The largest absolute Gasteiger partial charge is 0.397 e. The molecule has 108 valence electrons. The molecule has 1 aromatic carbocycles. The molecule has 1 heterocycles. The van der Waals surface area contributed by atoms with Gasteiger partial charge in [0.2, 0.25) is 0 Å². The highest BCUT2D eigenvalue weighted by Crippen LogP contribution is 2.25. The highest BCUT2D eigenvalue weighted by Gasteiger charge is 2.18. The average molecular weight is 273 g/mol. The first kappa shape index (κ1) is 14.6. The number of nitrogen functional groups attached to an aromatic ring is 1. The fourth-order valence-corrected chi connectivity index (χ4v) is 2.47. The minimum atomic E-state index is 0.621. The summed E-state index contributed by atoms with van der Waals surface area (Å²) in [6.45, 7) is 6.32. The van der Waals surface area contributed by atoms with E-state index in [1.807, 2.05) is 12.1 Å². The Kier molecular flexibility index (Phi) is 4.83. The summed E-state index contributed by atoms with van der Waals surface area (Å²) in [5.41, 5.74) is 8.42. The number of hydrogen-bond acceptors (Lipinski definition) is 5. The first-order valence-electron chi connectivity index (χ1n) is 7.02. The van der Waals surface area contributed by atoms with Crippen LogP contribution in [0.2, 0.25) is 0 Å². The fraction of sp³-hybridized carbons (Fsp3) is 0.533. The lowest BCUT2D eigenvalue weighted by Crippen LogP contribution is -2.48. The zero-order chi connectivity index (χ0) is 14.5. The van der Waals surface area contributed by atoms with E-state index in [0.717, 1.165) is 45.0 Å². The lowest BCUT2D eigenvalue weighted by atomic mass is 10.1. The van der Waals surface area contributed by atoms with Crippen LogP contribution in [0.1, 0.15) is 5.56 Å². The van der Waals surface area contributed by atoms with Crippen LogP contribution in [0.15, 0.2) is 18.2 Å². The van der Waals surface area contributed by atoms with Gasteiger partial charge >= 0.3 is 0 Å². The molecule has 0 spiro atoms. The molecule has 0 amide bonds. The third kappa shape index (κ3) is 3.62. The Labute approximate surface area is 121 Å². The molecule has 1 aliphatic heterocycles. The molecule has 1 saturated heterocycles. The molecule has 0 unspecified atom stereocenters. The van der Waals surface area contributed by atoms with Gasteiger partial charge in [-0.15, -0.1) is 0 Å². The number of likely N-dealkylation sites (N-methyl/N-ethyl adjacent to an activating group) is 1. The van der Waals surface area contributed by atoms with Crippen molar-refractivity contribution in [2.75, 3.05) is 64.0 Å². The van der Waals surface area contributed by atoms with Gasteiger partial charge in [-0.1, -0.05) is 0 Å². The van der Waals surface area contributed by atoms with Gasteiger partial charge in [-0.2, -0.15) is 5.26 Å². The zero-order valence-corrected chi connectivity index (χ0v) is 12.3. The minimum Gasteiger partial charge on any atom is -0.397 e. The summed E-state index contributed by atoms with van der Waals surface area (Å²) >= 11 is 0. The average Bonchev–Trinajstić information content (AvgIpc) is 2.45. The number of nitrogens with zero attached hydrogens (tertiary/aromatic N) is 4. The lowest BCUT2D eigenvalue weighted by molar-refractivity contribution is 0.229. The van der Waals surface area contributed by atoms with Crippen molar-refractivity contribution in [3.8, 4) is 6.07 Å². The number of benzene rings is 1. The quantitative estimate of drug-likeness (QED) is 0.823. The molecule has 0 aliphatic carbocycles. The minimum absolute atomic E-state index is 0.621. The molecule has 2 N–H and O–H groups in total. The van der Waals surface area contributed by atoms with Crippen LogP contribution in [0.25, 0.3) is 0 Å². The Morgan fingerprint density at radius 2 is 1.95 bits per heavy atom. The van der Waals surface area contributed by atoms with Gasteiger partial charge in [0.25, 0.3) is 0 Å². The van der Waals surface area contributed by atoms with Crippen LogP contribution in [0, 0.1) is 11.3 Å². The third-order valence-electron chi connectivity index (χ3n) is 3.73. The van der Waals surface area contributed by atoms with Crippen LogP contribution < -0.4 is 10.6 Å². The molecular formula is C15H23N5. The van der Waals surface area contributed by atoms with Crippen LogP contribution in [-0.2, 0) is 0 Å². The Morgan fingerprint density at radius 3 is 2.50 bits per heavy atom. The molecular weight excluding hydrogens is 250 g/mol. The van der Waals surface area contributed by atoms with Crippen LogP contribution in [0.3, 0.4) is 0 Å². The zero-order valence-electron chi connectivity index (χ0n) is 12.3. The second-order valence-corrected chi connectivity index (χ2v) is 5.52. The summed E-state index contributed by atoms with van der Waals surface area (Å²) < 4.78 is 0. The van der Waals surface area contributed by atoms with E-state index >= 15 is 0 Å². The molecule has 0 atom stereocenters. The van der Waals surface area contributed by atoms with Crippen LogP contribution in [0.5, 0.6) is 0 Å². The summed E-state index contributed by atoms with van der Waals surface area (Å²) in [4.78, 5) is 7.00. The summed E-state index contributed by atoms with van der Waals surface area (Å²) in [6.07, 6.45) is 0. The van der Waals surface area contributed by atoms with Gasteiger partial charge in [0, 0.05) is 39.3 Å². The molecule has 5 heteroatoms. The van der Waals surface area contributed by atoms with Gasteiger partial charge in [-0.3, -0.25) is 4.90 Å². The van der Waals surface area contributed by atoms with E-state index in [9.17, 15) is 0 Å². The number of hydrogen-bond donors (Lipinski definition) is 1. The van der Waals surface area contributed by atoms with E-state index in [2.05, 4.69) is 34.9 Å². The lowest BCUT2D eigenvalue weighted by Gasteiger charge is -2.37. The molecule has 20 heavy (non-hydrogen) atoms. The molecule has 0 aromatic heterocycles. The van der Waals surface area contributed by atoms with Crippen molar-refractivity contribution < 1.29 is 0 Å². The molecule has 2 rings (SSSR count). The van der Waals surface area contributed by atoms with Gasteiger partial charge in [0.1, 0.15) is 0 Å². The maximum atomic E-state index is 8.87. The third-order valence-corrected chi connectivity index (χ3v) is 3.73. The van der Waals surface area contributed by atoms with Crippen LogP contribution >= 0.6 is 0 Å². The molecule has 1 fully saturated rings. The number of rotatable bonds is 4. The van der Waals surface area contributed by atoms with Crippen molar-refractivity contribution in [2.45, 2.75) is 0 Å². The predicted octanol–water partition coefficient (Wildman–Crippen LogP) is 0.824. The van der Waals surface area contributed by atoms with Gasteiger partial charge in [0.15, 0.2) is 0 Å². The van der Waals surface area contributed by atoms with E-state index in [1.165, 1.54) is 0 Å². The first-order valence-corrected chi connectivity index (χ1v) is 7.02. The van der Waals surface area contributed by atoms with Crippen LogP contribution in [0.4, 0.5) is 11.4 Å². The number of nitrogens with two attached hydrogens (primary N) is 1. The summed E-state index contributed by atoms with van der Waals surface area (Å²) in [5.74, 6) is 0.